The first-order valence-corrected chi connectivity index (χ1v) is 21.5. The Morgan fingerprint density at radius 2 is 1.64 bits per heavy atom. The van der Waals surface area contributed by atoms with Gasteiger partial charge >= 0.3 is 11.9 Å². The van der Waals surface area contributed by atoms with Gasteiger partial charge in [-0.2, -0.15) is 0 Å². The van der Waals surface area contributed by atoms with Crippen molar-refractivity contribution in [3.63, 3.8) is 0 Å². The first-order valence-electron chi connectivity index (χ1n) is 21.5. The monoisotopic (exact) mass is 781 g/mol. The number of aliphatic hydroxyl groups excluding tert-OH is 1. The molecule has 4 saturated carbocycles. The molecule has 1 aromatic heterocycles. The summed E-state index contributed by atoms with van der Waals surface area (Å²) in [6, 6.07) is 0. The number of nitrogens with zero attached hydrogens (tertiary/aromatic N) is 4. The molecule has 6 rings (SSSR count). The fourth-order valence-electron chi connectivity index (χ4n) is 13.5. The first kappa shape index (κ1) is 43.0. The lowest BCUT2D eigenvalue weighted by Gasteiger charge is -2.72. The predicted octanol–water partition coefficient (Wildman–Crippen LogP) is 7.50. The van der Waals surface area contributed by atoms with E-state index in [0.717, 1.165) is 70.0 Å². The van der Waals surface area contributed by atoms with E-state index in [0.29, 0.717) is 43.1 Å². The molecule has 11 nitrogen and oxygen atoms in total. The SMILES string of the molecule is Cc1nnc(CN(CCN(C)C)C[C@H](O)[C@@]23CC[C@]4(C)[C@H](CC[C@@H]5[C@@]6(C)CC[C@H](OC(=O)CC(C)(C)C(=O)O)C(C)(C)[C@H]6CC[C@]54C)C2=C(C(C)C)C(=O)C3)o1. The van der Waals surface area contributed by atoms with Crippen molar-refractivity contribution in [3.05, 3.63) is 22.9 Å². The second-order valence-electron chi connectivity index (χ2n) is 21.3. The number of esters is 1. The van der Waals surface area contributed by atoms with Gasteiger partial charge in [0.05, 0.1) is 24.5 Å². The summed E-state index contributed by atoms with van der Waals surface area (Å²) in [5.41, 5.74) is 0.245. The van der Waals surface area contributed by atoms with Crippen molar-refractivity contribution in [2.24, 2.45) is 56.2 Å². The zero-order valence-electron chi connectivity index (χ0n) is 36.6. The third-order valence-corrected chi connectivity index (χ3v) is 16.7. The van der Waals surface area contributed by atoms with Crippen molar-refractivity contribution < 1.29 is 33.8 Å². The van der Waals surface area contributed by atoms with E-state index in [4.69, 9.17) is 9.15 Å². The predicted molar refractivity (Wildman–Crippen MR) is 214 cm³/mol. The molecule has 5 aliphatic rings. The molecule has 0 bridgehead atoms. The number of carbonyl (C=O) groups is 3. The zero-order valence-corrected chi connectivity index (χ0v) is 36.6. The van der Waals surface area contributed by atoms with Gasteiger partial charge < -0.3 is 24.3 Å². The van der Waals surface area contributed by atoms with Crippen LogP contribution in [0.2, 0.25) is 0 Å². The fraction of sp³-hybridized carbons (Fsp3) is 0.844. The van der Waals surface area contributed by atoms with Crippen molar-refractivity contribution in [1.82, 2.24) is 20.0 Å². The van der Waals surface area contributed by atoms with E-state index < -0.39 is 28.9 Å². The van der Waals surface area contributed by atoms with Crippen LogP contribution >= 0.6 is 0 Å². The Kier molecular flexibility index (Phi) is 11.4. The van der Waals surface area contributed by atoms with Crippen LogP contribution in [-0.2, 0) is 25.7 Å². The van der Waals surface area contributed by atoms with Crippen LogP contribution in [0.3, 0.4) is 0 Å². The van der Waals surface area contributed by atoms with Crippen LogP contribution in [-0.4, -0.2) is 93.9 Å². The summed E-state index contributed by atoms with van der Waals surface area (Å²) >= 11 is 0. The largest absolute Gasteiger partial charge is 0.481 e. The number of aliphatic carboxylic acids is 1. The molecule has 1 aromatic rings. The lowest BCUT2D eigenvalue weighted by atomic mass is 9.33. The van der Waals surface area contributed by atoms with Gasteiger partial charge in [0.2, 0.25) is 11.8 Å². The summed E-state index contributed by atoms with van der Waals surface area (Å²) in [4.78, 5) is 43.6. The third-order valence-electron chi connectivity index (χ3n) is 16.7. The minimum atomic E-state index is -1.17. The molecule has 5 aliphatic carbocycles. The van der Waals surface area contributed by atoms with Crippen molar-refractivity contribution in [2.75, 3.05) is 33.7 Å². The number of aromatic nitrogens is 2. The summed E-state index contributed by atoms with van der Waals surface area (Å²) in [5, 5.41) is 30.6. The molecular weight excluding hydrogens is 709 g/mol. The van der Waals surface area contributed by atoms with Crippen LogP contribution in [0, 0.1) is 63.1 Å². The van der Waals surface area contributed by atoms with E-state index in [-0.39, 0.29) is 51.8 Å². The van der Waals surface area contributed by atoms with Crippen LogP contribution in [0.5, 0.6) is 0 Å². The Bertz CT molecular complexity index is 1710. The van der Waals surface area contributed by atoms with E-state index in [2.05, 4.69) is 82.6 Å². The molecule has 0 spiro atoms. The average Bonchev–Trinajstić information content (AvgIpc) is 3.64. The Balaban J connectivity index is 1.29. The fourth-order valence-corrected chi connectivity index (χ4v) is 13.5. The lowest BCUT2D eigenvalue weighted by Crippen LogP contribution is -2.66. The highest BCUT2D eigenvalue weighted by Gasteiger charge is 2.71. The summed E-state index contributed by atoms with van der Waals surface area (Å²) in [5.74, 6) is 0.977. The smallest absolute Gasteiger partial charge is 0.309 e. The number of ketones is 1. The highest BCUT2D eigenvalue weighted by atomic mass is 16.5. The highest BCUT2D eigenvalue weighted by molar-refractivity contribution is 6.00. The summed E-state index contributed by atoms with van der Waals surface area (Å²) in [7, 11) is 4.10. The normalized spacial score (nSPS) is 36.0. The van der Waals surface area contributed by atoms with Crippen molar-refractivity contribution >= 4 is 17.7 Å². The number of hydrogen-bond acceptors (Lipinski definition) is 10. The summed E-state index contributed by atoms with van der Waals surface area (Å²) < 4.78 is 12.0. The number of likely N-dealkylation sites (N-methyl/N-ethyl adjacent to an activating group) is 1. The van der Waals surface area contributed by atoms with Gasteiger partial charge in [0.15, 0.2) is 5.78 Å². The van der Waals surface area contributed by atoms with Gasteiger partial charge in [0.25, 0.3) is 0 Å². The van der Waals surface area contributed by atoms with Crippen molar-refractivity contribution in [1.29, 1.82) is 0 Å². The molecular formula is C45H72N4O7. The van der Waals surface area contributed by atoms with Crippen LogP contribution in [0.15, 0.2) is 15.6 Å². The summed E-state index contributed by atoms with van der Waals surface area (Å²) in [6.07, 6.45) is 6.92. The molecule has 314 valence electrons. The van der Waals surface area contributed by atoms with Crippen LogP contribution in [0.4, 0.5) is 0 Å². The molecule has 0 aromatic carbocycles. The minimum Gasteiger partial charge on any atom is -0.481 e. The second kappa shape index (κ2) is 14.9. The Morgan fingerprint density at radius 1 is 0.946 bits per heavy atom. The number of hydrogen-bond donors (Lipinski definition) is 2. The van der Waals surface area contributed by atoms with E-state index in [1.807, 2.05) is 0 Å². The van der Waals surface area contributed by atoms with Gasteiger partial charge in [-0.1, -0.05) is 54.0 Å². The maximum atomic E-state index is 14.3. The van der Waals surface area contributed by atoms with E-state index in [9.17, 15) is 24.6 Å². The van der Waals surface area contributed by atoms with Gasteiger partial charge in [-0.05, 0) is 125 Å². The molecule has 1 heterocycles. The maximum Gasteiger partial charge on any atom is 0.309 e. The Morgan fingerprint density at radius 3 is 2.25 bits per heavy atom. The van der Waals surface area contributed by atoms with Crippen LogP contribution in [0.1, 0.15) is 138 Å². The van der Waals surface area contributed by atoms with Gasteiger partial charge in [-0.15, -0.1) is 10.2 Å². The van der Waals surface area contributed by atoms with Gasteiger partial charge in [-0.25, -0.2) is 0 Å². The quantitative estimate of drug-likeness (QED) is 0.192. The number of carboxylic acid groups (broad SMARTS) is 1. The molecule has 0 radical (unpaired) electrons. The maximum absolute atomic E-state index is 14.3. The second-order valence-corrected chi connectivity index (χ2v) is 21.3. The highest BCUT2D eigenvalue weighted by Crippen LogP contribution is 2.77. The van der Waals surface area contributed by atoms with Gasteiger partial charge in [0.1, 0.15) is 6.10 Å². The van der Waals surface area contributed by atoms with Crippen molar-refractivity contribution in [2.45, 2.75) is 152 Å². The number of rotatable bonds is 13. The number of ether oxygens (including phenoxy) is 1. The molecule has 2 N–H and O–H groups in total. The number of aryl methyl sites for hydroxylation is 1. The molecule has 0 saturated heterocycles. The van der Waals surface area contributed by atoms with E-state index in [1.54, 1.807) is 20.8 Å². The molecule has 9 atom stereocenters. The topological polar surface area (TPSA) is 146 Å². The molecule has 0 unspecified atom stereocenters. The Labute approximate surface area is 335 Å². The van der Waals surface area contributed by atoms with Crippen LogP contribution in [0.25, 0.3) is 0 Å². The number of carbonyl (C=O) groups excluding carboxylic acids is 2. The minimum absolute atomic E-state index is 0.0255. The number of aliphatic hydroxyl groups is 1. The lowest BCUT2D eigenvalue weighted by molar-refractivity contribution is -0.235. The molecule has 0 amide bonds. The average molecular weight is 781 g/mol. The van der Waals surface area contributed by atoms with Crippen LogP contribution < -0.4 is 0 Å². The standard InChI is InChI=1S/C45H72N4O7/c1-27(2)37-30(50)23-45(33(51)25-49(22-21-48(11)12)26-35-47-46-28(3)55-35)20-19-43(9)29(38(37)45)13-14-32-42(8)17-16-34(56-36(52)24-40(4,5)39(53)54)41(6,7)31(42)15-18-44(32,43)10/h27,29,31-34,51H,13-26H2,1-12H3,(H,53,54)/t29-,31-,32-,33+,34+,42+,43-,44-,45+/m1/s1. The third kappa shape index (κ3) is 7.01. The first-order chi connectivity index (χ1) is 25.9. The van der Waals surface area contributed by atoms with E-state index >= 15 is 0 Å². The summed E-state index contributed by atoms with van der Waals surface area (Å²) in [6.45, 7) is 23.8. The van der Waals surface area contributed by atoms with Crippen molar-refractivity contribution in [3.8, 4) is 0 Å². The van der Waals surface area contributed by atoms with Gasteiger partial charge in [-0.3, -0.25) is 19.3 Å². The number of Topliss-reactive ketones (excluding diaryl/α,β-unsaturated/α-hetero) is 1. The van der Waals surface area contributed by atoms with E-state index in [1.165, 1.54) is 5.57 Å². The Hall–Kier alpha value is -2.63. The van der Waals surface area contributed by atoms with Gasteiger partial charge in [0, 0.05) is 43.8 Å². The number of allylic oxidation sites excluding steroid dienone is 1. The molecule has 56 heavy (non-hydrogen) atoms. The number of carboxylic acids is 1. The molecule has 4 fully saturated rings. The molecule has 0 aliphatic heterocycles. The number of fused-ring (bicyclic) bond motifs is 7. The zero-order chi connectivity index (χ0) is 41.4. The molecule has 11 heteroatoms.